The molecule has 0 saturated carbocycles. The molecule has 0 atom stereocenters. The number of aromatic nitrogens is 2. The number of nitrogens with one attached hydrogen (secondary N) is 2. The molecule has 2 aromatic carbocycles. The second-order valence-corrected chi connectivity index (χ2v) is 5.31. The summed E-state index contributed by atoms with van der Waals surface area (Å²) in [5, 5.41) is 13.7. The first-order chi connectivity index (χ1) is 10.7. The Labute approximate surface area is 129 Å². The van der Waals surface area contributed by atoms with Crippen LogP contribution in [0.1, 0.15) is 0 Å². The lowest BCUT2D eigenvalue weighted by molar-refractivity contribution is 0.262. The van der Waals surface area contributed by atoms with Crippen molar-refractivity contribution in [2.75, 3.05) is 10.6 Å². The van der Waals surface area contributed by atoms with Crippen LogP contribution in [0.3, 0.4) is 0 Å². The van der Waals surface area contributed by atoms with Crippen LogP contribution >= 0.6 is 11.3 Å². The van der Waals surface area contributed by atoms with Gasteiger partial charge < -0.3 is 5.32 Å². The third-order valence-electron chi connectivity index (χ3n) is 2.78. The van der Waals surface area contributed by atoms with Crippen molar-refractivity contribution in [1.82, 2.24) is 10.2 Å². The Hall–Kier alpha value is -2.80. The fraction of sp³-hybridized carbons (Fsp3) is 0. The summed E-state index contributed by atoms with van der Waals surface area (Å²) in [7, 11) is 0. The molecule has 0 aliphatic heterocycles. The first kappa shape index (κ1) is 14.2. The minimum absolute atomic E-state index is 0.298. The van der Waals surface area contributed by atoms with E-state index >= 15 is 0 Å². The highest BCUT2D eigenvalue weighted by atomic mass is 32.1. The monoisotopic (exact) mass is 314 g/mol. The van der Waals surface area contributed by atoms with E-state index in [2.05, 4.69) is 20.8 Å². The van der Waals surface area contributed by atoms with Crippen LogP contribution in [0.4, 0.5) is 20.0 Å². The Morgan fingerprint density at radius 1 is 0.955 bits per heavy atom. The van der Waals surface area contributed by atoms with E-state index in [-0.39, 0.29) is 5.82 Å². The molecule has 3 rings (SSSR count). The lowest BCUT2D eigenvalue weighted by Crippen LogP contribution is -2.19. The molecule has 5 nitrogen and oxygen atoms in total. The van der Waals surface area contributed by atoms with Gasteiger partial charge in [0.05, 0.1) is 0 Å². The third-order valence-corrected chi connectivity index (χ3v) is 3.65. The second-order valence-electron chi connectivity index (χ2n) is 4.34. The standard InChI is InChI=1S/C15H11FN4OS/c16-12-9-5-4-8-11(12)13-19-20-15(22-13)18-14(21)17-10-6-2-1-3-7-10/h1-9H,(H2,17,18,20,21). The van der Waals surface area contributed by atoms with Crippen molar-refractivity contribution in [3.8, 4) is 10.6 Å². The summed E-state index contributed by atoms with van der Waals surface area (Å²) in [4.78, 5) is 11.8. The first-order valence-electron chi connectivity index (χ1n) is 6.44. The van der Waals surface area contributed by atoms with Gasteiger partial charge in [-0.15, -0.1) is 10.2 Å². The molecule has 0 spiro atoms. The van der Waals surface area contributed by atoms with Crippen LogP contribution in [-0.2, 0) is 0 Å². The molecular weight excluding hydrogens is 303 g/mol. The number of urea groups is 1. The Bertz CT molecular complexity index is 791. The third kappa shape index (κ3) is 3.26. The summed E-state index contributed by atoms with van der Waals surface area (Å²) in [5.41, 5.74) is 1.02. The molecule has 0 aliphatic carbocycles. The molecule has 0 fully saturated rings. The highest BCUT2D eigenvalue weighted by molar-refractivity contribution is 7.18. The topological polar surface area (TPSA) is 66.9 Å². The zero-order chi connectivity index (χ0) is 15.4. The minimum Gasteiger partial charge on any atom is -0.308 e. The van der Waals surface area contributed by atoms with E-state index in [1.54, 1.807) is 30.3 Å². The van der Waals surface area contributed by atoms with Crippen molar-refractivity contribution >= 4 is 28.2 Å². The largest absolute Gasteiger partial charge is 0.325 e. The number of hydrogen-bond acceptors (Lipinski definition) is 4. The van der Waals surface area contributed by atoms with Gasteiger partial charge in [0.25, 0.3) is 0 Å². The summed E-state index contributed by atoms with van der Waals surface area (Å²) >= 11 is 1.10. The van der Waals surface area contributed by atoms with Gasteiger partial charge in [-0.05, 0) is 24.3 Å². The quantitative estimate of drug-likeness (QED) is 0.768. The van der Waals surface area contributed by atoms with Gasteiger partial charge in [-0.25, -0.2) is 9.18 Å². The van der Waals surface area contributed by atoms with Gasteiger partial charge in [0.1, 0.15) is 5.82 Å². The number of halogens is 1. The summed E-state index contributed by atoms with van der Waals surface area (Å²) in [6.45, 7) is 0. The maximum atomic E-state index is 13.7. The fourth-order valence-corrected chi connectivity index (χ4v) is 2.56. The molecule has 0 unspecified atom stereocenters. The van der Waals surface area contributed by atoms with Crippen molar-refractivity contribution in [3.63, 3.8) is 0 Å². The van der Waals surface area contributed by atoms with Crippen LogP contribution in [-0.4, -0.2) is 16.2 Å². The summed E-state index contributed by atoms with van der Waals surface area (Å²) < 4.78 is 13.7. The molecule has 1 aromatic heterocycles. The molecule has 0 bridgehead atoms. The molecular formula is C15H11FN4OS. The Kier molecular flexibility index (Phi) is 4.06. The van der Waals surface area contributed by atoms with Gasteiger partial charge in [0.2, 0.25) is 5.13 Å². The van der Waals surface area contributed by atoms with Gasteiger partial charge in [0.15, 0.2) is 5.01 Å². The van der Waals surface area contributed by atoms with Crippen molar-refractivity contribution in [2.45, 2.75) is 0 Å². The van der Waals surface area contributed by atoms with E-state index in [9.17, 15) is 9.18 Å². The predicted molar refractivity (Wildman–Crippen MR) is 84.4 cm³/mol. The number of para-hydroxylation sites is 1. The highest BCUT2D eigenvalue weighted by Crippen LogP contribution is 2.28. The molecule has 0 radical (unpaired) electrons. The zero-order valence-corrected chi connectivity index (χ0v) is 12.1. The number of hydrogen-bond donors (Lipinski definition) is 2. The van der Waals surface area contributed by atoms with Gasteiger partial charge in [-0.3, -0.25) is 5.32 Å². The molecule has 0 saturated heterocycles. The molecule has 3 aromatic rings. The van der Waals surface area contributed by atoms with Crippen LogP contribution in [0.15, 0.2) is 54.6 Å². The van der Waals surface area contributed by atoms with E-state index in [0.717, 1.165) is 11.3 Å². The van der Waals surface area contributed by atoms with Crippen molar-refractivity contribution in [3.05, 3.63) is 60.4 Å². The van der Waals surface area contributed by atoms with Gasteiger partial charge in [-0.2, -0.15) is 0 Å². The van der Waals surface area contributed by atoms with Crippen LogP contribution in [0.5, 0.6) is 0 Å². The number of carbonyl (C=O) groups excluding carboxylic acids is 1. The smallest absolute Gasteiger partial charge is 0.308 e. The normalized spacial score (nSPS) is 10.2. The lowest BCUT2D eigenvalue weighted by atomic mass is 10.2. The maximum Gasteiger partial charge on any atom is 0.325 e. The number of carbonyl (C=O) groups is 1. The van der Waals surface area contributed by atoms with Gasteiger partial charge >= 0.3 is 6.03 Å². The van der Waals surface area contributed by atoms with E-state index in [4.69, 9.17) is 0 Å². The van der Waals surface area contributed by atoms with E-state index in [1.165, 1.54) is 6.07 Å². The maximum absolute atomic E-state index is 13.7. The van der Waals surface area contributed by atoms with Crippen LogP contribution in [0.25, 0.3) is 10.6 Å². The Morgan fingerprint density at radius 2 is 1.68 bits per heavy atom. The summed E-state index contributed by atoms with van der Waals surface area (Å²) in [5.74, 6) is -0.376. The predicted octanol–water partition coefficient (Wildman–Crippen LogP) is 3.99. The number of nitrogens with zero attached hydrogens (tertiary/aromatic N) is 2. The second kappa shape index (κ2) is 6.31. The SMILES string of the molecule is O=C(Nc1ccccc1)Nc1nnc(-c2ccccc2F)s1. The van der Waals surface area contributed by atoms with Crippen LogP contribution < -0.4 is 10.6 Å². The van der Waals surface area contributed by atoms with Crippen molar-refractivity contribution in [2.24, 2.45) is 0 Å². The molecule has 22 heavy (non-hydrogen) atoms. The Morgan fingerprint density at radius 3 is 2.45 bits per heavy atom. The molecule has 110 valence electrons. The molecule has 7 heteroatoms. The number of amides is 2. The van der Waals surface area contributed by atoms with Gasteiger partial charge in [-0.1, -0.05) is 41.7 Å². The lowest BCUT2D eigenvalue weighted by Gasteiger charge is -2.03. The number of anilines is 2. The van der Waals surface area contributed by atoms with Crippen molar-refractivity contribution in [1.29, 1.82) is 0 Å². The minimum atomic E-state index is -0.428. The van der Waals surface area contributed by atoms with Crippen LogP contribution in [0.2, 0.25) is 0 Å². The Balaban J connectivity index is 1.70. The summed E-state index contributed by atoms with van der Waals surface area (Å²) in [6.07, 6.45) is 0. The average molecular weight is 314 g/mol. The fourth-order valence-electron chi connectivity index (χ4n) is 1.80. The van der Waals surface area contributed by atoms with E-state index in [1.807, 2.05) is 18.2 Å². The number of benzene rings is 2. The van der Waals surface area contributed by atoms with Crippen LogP contribution in [0, 0.1) is 5.82 Å². The molecule has 1 heterocycles. The average Bonchev–Trinajstić information content (AvgIpc) is 2.97. The van der Waals surface area contributed by atoms with Gasteiger partial charge in [0, 0.05) is 11.3 Å². The van der Waals surface area contributed by atoms with E-state index in [0.29, 0.717) is 21.4 Å². The number of rotatable bonds is 3. The zero-order valence-electron chi connectivity index (χ0n) is 11.3. The van der Waals surface area contributed by atoms with Crippen molar-refractivity contribution < 1.29 is 9.18 Å². The molecule has 0 aliphatic rings. The highest BCUT2D eigenvalue weighted by Gasteiger charge is 2.12. The van der Waals surface area contributed by atoms with E-state index < -0.39 is 6.03 Å². The summed E-state index contributed by atoms with van der Waals surface area (Å²) in [6, 6.07) is 14.9. The molecule has 2 amide bonds. The molecule has 2 N–H and O–H groups in total. The first-order valence-corrected chi connectivity index (χ1v) is 7.25.